The first-order valence-corrected chi connectivity index (χ1v) is 7.32. The Bertz CT molecular complexity index is 237. The Balaban J connectivity index is 2.60. The van der Waals surface area contributed by atoms with E-state index in [9.17, 15) is 5.11 Å². The second kappa shape index (κ2) is 6.88. The number of hydrogen-bond acceptors (Lipinski definition) is 3. The van der Waals surface area contributed by atoms with Crippen LogP contribution in [0.2, 0.25) is 0 Å². The standard InChI is InChI=1S/C15H31NO2/c1-6-18-10-9-16(5)14-11-12(17)7-8-13(14)15(2,3)4/h12-14,17H,6-11H2,1-5H3. The summed E-state index contributed by atoms with van der Waals surface area (Å²) in [6.45, 7) is 11.5. The Hall–Kier alpha value is -0.120. The number of aliphatic hydroxyl groups is 1. The number of likely N-dealkylation sites (N-methyl/N-ethyl adjacent to an activating group) is 1. The maximum atomic E-state index is 9.93. The molecule has 3 nitrogen and oxygen atoms in total. The van der Waals surface area contributed by atoms with Gasteiger partial charge in [0.15, 0.2) is 0 Å². The molecule has 0 amide bonds. The molecule has 1 aliphatic rings. The van der Waals surface area contributed by atoms with Crippen LogP contribution in [0.4, 0.5) is 0 Å². The van der Waals surface area contributed by atoms with Crippen molar-refractivity contribution in [2.45, 2.75) is 59.1 Å². The fourth-order valence-corrected chi connectivity index (χ4v) is 3.14. The van der Waals surface area contributed by atoms with E-state index in [0.717, 1.165) is 39.0 Å². The lowest BCUT2D eigenvalue weighted by atomic mass is 9.68. The third-order valence-electron chi connectivity index (χ3n) is 4.26. The molecule has 1 N–H and O–H groups in total. The van der Waals surface area contributed by atoms with Gasteiger partial charge in [-0.05, 0) is 44.6 Å². The van der Waals surface area contributed by atoms with Crippen LogP contribution >= 0.6 is 0 Å². The largest absolute Gasteiger partial charge is 0.393 e. The average molecular weight is 257 g/mol. The highest BCUT2D eigenvalue weighted by atomic mass is 16.5. The van der Waals surface area contributed by atoms with Gasteiger partial charge in [-0.1, -0.05) is 20.8 Å². The highest BCUT2D eigenvalue weighted by molar-refractivity contribution is 4.91. The SMILES string of the molecule is CCOCCN(C)C1CC(O)CCC1C(C)(C)C. The van der Waals surface area contributed by atoms with Crippen molar-refractivity contribution in [1.82, 2.24) is 4.90 Å². The average Bonchev–Trinajstić information content (AvgIpc) is 2.27. The van der Waals surface area contributed by atoms with Crippen LogP contribution in [-0.2, 0) is 4.74 Å². The Morgan fingerprint density at radius 2 is 1.94 bits per heavy atom. The number of hydrogen-bond donors (Lipinski definition) is 1. The van der Waals surface area contributed by atoms with E-state index < -0.39 is 0 Å². The third-order valence-corrected chi connectivity index (χ3v) is 4.26. The van der Waals surface area contributed by atoms with E-state index in [4.69, 9.17) is 4.74 Å². The maximum Gasteiger partial charge on any atom is 0.0593 e. The van der Waals surface area contributed by atoms with Crippen LogP contribution in [0, 0.1) is 11.3 Å². The molecule has 1 fully saturated rings. The molecule has 18 heavy (non-hydrogen) atoms. The molecule has 3 unspecified atom stereocenters. The van der Waals surface area contributed by atoms with Crippen molar-refractivity contribution in [3.63, 3.8) is 0 Å². The lowest BCUT2D eigenvalue weighted by Gasteiger charge is -2.46. The predicted octanol–water partition coefficient (Wildman–Crippen LogP) is 2.53. The van der Waals surface area contributed by atoms with Gasteiger partial charge in [-0.15, -0.1) is 0 Å². The second-order valence-corrected chi connectivity index (χ2v) is 6.68. The van der Waals surface area contributed by atoms with Gasteiger partial charge in [0.05, 0.1) is 12.7 Å². The minimum absolute atomic E-state index is 0.122. The van der Waals surface area contributed by atoms with Crippen molar-refractivity contribution in [1.29, 1.82) is 0 Å². The number of ether oxygens (including phenoxy) is 1. The van der Waals surface area contributed by atoms with Gasteiger partial charge < -0.3 is 14.7 Å². The summed E-state index contributed by atoms with van der Waals surface area (Å²) in [5.74, 6) is 0.660. The molecule has 0 aromatic rings. The van der Waals surface area contributed by atoms with E-state index in [2.05, 4.69) is 32.7 Å². The molecule has 1 saturated carbocycles. The van der Waals surface area contributed by atoms with Gasteiger partial charge in [0.2, 0.25) is 0 Å². The number of nitrogens with zero attached hydrogens (tertiary/aromatic N) is 1. The van der Waals surface area contributed by atoms with Crippen LogP contribution in [0.5, 0.6) is 0 Å². The summed E-state index contributed by atoms with van der Waals surface area (Å²) in [4.78, 5) is 2.38. The molecule has 0 aromatic carbocycles. The van der Waals surface area contributed by atoms with Gasteiger partial charge in [0.25, 0.3) is 0 Å². The highest BCUT2D eigenvalue weighted by Crippen LogP contribution is 2.40. The Morgan fingerprint density at radius 1 is 1.28 bits per heavy atom. The molecule has 108 valence electrons. The zero-order valence-electron chi connectivity index (χ0n) is 12.8. The van der Waals surface area contributed by atoms with Gasteiger partial charge in [0.1, 0.15) is 0 Å². The lowest BCUT2D eigenvalue weighted by molar-refractivity contribution is -0.0109. The molecule has 0 heterocycles. The molecule has 1 aliphatic carbocycles. The summed E-state index contributed by atoms with van der Waals surface area (Å²) in [6.07, 6.45) is 2.87. The van der Waals surface area contributed by atoms with Gasteiger partial charge in [-0.2, -0.15) is 0 Å². The highest BCUT2D eigenvalue weighted by Gasteiger charge is 2.38. The Morgan fingerprint density at radius 3 is 2.50 bits per heavy atom. The van der Waals surface area contributed by atoms with Crippen molar-refractivity contribution in [3.05, 3.63) is 0 Å². The van der Waals surface area contributed by atoms with Crippen molar-refractivity contribution in [2.24, 2.45) is 11.3 Å². The number of rotatable bonds is 5. The molecule has 3 atom stereocenters. The molecule has 0 aliphatic heterocycles. The first-order valence-electron chi connectivity index (χ1n) is 7.32. The van der Waals surface area contributed by atoms with Crippen LogP contribution in [0.1, 0.15) is 47.0 Å². The van der Waals surface area contributed by atoms with Crippen LogP contribution in [-0.4, -0.2) is 49.0 Å². The first-order chi connectivity index (χ1) is 8.36. The van der Waals surface area contributed by atoms with Crippen LogP contribution in [0.25, 0.3) is 0 Å². The molecule has 0 aromatic heterocycles. The molecular formula is C15H31NO2. The van der Waals surface area contributed by atoms with Crippen molar-refractivity contribution in [3.8, 4) is 0 Å². The van der Waals surface area contributed by atoms with Gasteiger partial charge >= 0.3 is 0 Å². The molecule has 0 radical (unpaired) electrons. The fraction of sp³-hybridized carbons (Fsp3) is 1.00. The third kappa shape index (κ3) is 4.52. The molecule has 0 saturated heterocycles. The monoisotopic (exact) mass is 257 g/mol. The van der Waals surface area contributed by atoms with Crippen LogP contribution < -0.4 is 0 Å². The van der Waals surface area contributed by atoms with E-state index in [1.54, 1.807) is 0 Å². The number of aliphatic hydroxyl groups excluding tert-OH is 1. The van der Waals surface area contributed by atoms with Gasteiger partial charge in [-0.25, -0.2) is 0 Å². The van der Waals surface area contributed by atoms with E-state index >= 15 is 0 Å². The predicted molar refractivity (Wildman–Crippen MR) is 75.7 cm³/mol. The lowest BCUT2D eigenvalue weighted by Crippen LogP contribution is -2.49. The quantitative estimate of drug-likeness (QED) is 0.768. The van der Waals surface area contributed by atoms with Crippen LogP contribution in [0.3, 0.4) is 0 Å². The van der Waals surface area contributed by atoms with Gasteiger partial charge in [0, 0.05) is 19.2 Å². The normalized spacial score (nSPS) is 29.8. The maximum absolute atomic E-state index is 9.93. The van der Waals surface area contributed by atoms with E-state index in [1.807, 2.05) is 6.92 Å². The molecule has 0 bridgehead atoms. The zero-order chi connectivity index (χ0) is 13.8. The molecule has 3 heteroatoms. The summed E-state index contributed by atoms with van der Waals surface area (Å²) in [6, 6.07) is 0.481. The zero-order valence-corrected chi connectivity index (χ0v) is 12.8. The van der Waals surface area contributed by atoms with Crippen molar-refractivity contribution in [2.75, 3.05) is 26.8 Å². The Kier molecular flexibility index (Phi) is 6.09. The van der Waals surface area contributed by atoms with Crippen LogP contribution in [0.15, 0.2) is 0 Å². The Labute approximate surface area is 113 Å². The summed E-state index contributed by atoms with van der Waals surface area (Å²) in [5.41, 5.74) is 0.310. The summed E-state index contributed by atoms with van der Waals surface area (Å²) < 4.78 is 5.44. The smallest absolute Gasteiger partial charge is 0.0593 e. The van der Waals surface area contributed by atoms with Gasteiger partial charge in [-0.3, -0.25) is 0 Å². The molecule has 0 spiro atoms. The molecule has 1 rings (SSSR count). The minimum atomic E-state index is -0.122. The summed E-state index contributed by atoms with van der Waals surface area (Å²) >= 11 is 0. The summed E-state index contributed by atoms with van der Waals surface area (Å²) in [7, 11) is 2.17. The minimum Gasteiger partial charge on any atom is -0.393 e. The summed E-state index contributed by atoms with van der Waals surface area (Å²) in [5, 5.41) is 9.93. The fourth-order valence-electron chi connectivity index (χ4n) is 3.14. The van der Waals surface area contributed by atoms with E-state index in [0.29, 0.717) is 17.4 Å². The second-order valence-electron chi connectivity index (χ2n) is 6.68. The topological polar surface area (TPSA) is 32.7 Å². The van der Waals surface area contributed by atoms with Crippen molar-refractivity contribution >= 4 is 0 Å². The molecular weight excluding hydrogens is 226 g/mol. The first kappa shape index (κ1) is 15.9. The van der Waals surface area contributed by atoms with E-state index in [-0.39, 0.29) is 6.10 Å². The van der Waals surface area contributed by atoms with Crippen molar-refractivity contribution < 1.29 is 9.84 Å². The van der Waals surface area contributed by atoms with E-state index in [1.165, 1.54) is 0 Å².